The lowest BCUT2D eigenvalue weighted by molar-refractivity contribution is -0.00645. The average Bonchev–Trinajstić information content (AvgIpc) is 2.13. The van der Waals surface area contributed by atoms with E-state index < -0.39 is 8.80 Å². The number of hydrogen-bond acceptors (Lipinski definition) is 4. The zero-order valence-corrected chi connectivity index (χ0v) is 11.2. The summed E-state index contributed by atoms with van der Waals surface area (Å²) in [5.41, 5.74) is 1.29. The third-order valence-electron chi connectivity index (χ3n) is 2.95. The van der Waals surface area contributed by atoms with E-state index in [-0.39, 0.29) is 0 Å². The molecule has 2 bridgehead atoms. The monoisotopic (exact) mass is 243 g/mol. The van der Waals surface area contributed by atoms with Crippen molar-refractivity contribution in [1.82, 2.24) is 4.90 Å². The lowest BCUT2D eigenvalue weighted by Crippen LogP contribution is -2.54. The number of nitrogens with zero attached hydrogens (tertiary/aromatic N) is 1. The Balaban J connectivity index is 2.05. The molecule has 0 aromatic rings. The van der Waals surface area contributed by atoms with Gasteiger partial charge >= 0.3 is 8.80 Å². The molecule has 4 nitrogen and oxygen atoms in total. The Hall–Kier alpha value is -0.203. The van der Waals surface area contributed by atoms with Gasteiger partial charge in [0.25, 0.3) is 0 Å². The molecule has 3 aliphatic heterocycles. The second-order valence-electron chi connectivity index (χ2n) is 4.56. The van der Waals surface area contributed by atoms with Gasteiger partial charge in [-0.3, -0.25) is 4.90 Å². The summed E-state index contributed by atoms with van der Waals surface area (Å²) in [7, 11) is -2.39. The third-order valence-corrected chi connectivity index (χ3v) is 5.58. The molecule has 92 valence electrons. The van der Waals surface area contributed by atoms with E-state index >= 15 is 0 Å². The molecule has 3 rings (SSSR count). The lowest BCUT2D eigenvalue weighted by atomic mass is 10.3. The Labute approximate surface area is 98.5 Å². The van der Waals surface area contributed by atoms with Crippen LogP contribution in [0.5, 0.6) is 0 Å². The molecule has 0 aromatic carbocycles. The van der Waals surface area contributed by atoms with Gasteiger partial charge in [-0.25, -0.2) is 0 Å². The first-order valence-electron chi connectivity index (χ1n) is 5.98. The molecule has 0 saturated carbocycles. The van der Waals surface area contributed by atoms with Crippen LogP contribution < -0.4 is 0 Å². The molecule has 0 aliphatic carbocycles. The van der Waals surface area contributed by atoms with Gasteiger partial charge in [-0.05, 0) is 13.8 Å². The molecule has 3 heterocycles. The summed E-state index contributed by atoms with van der Waals surface area (Å²) in [4.78, 5) is 2.33. The van der Waals surface area contributed by atoms with Crippen LogP contribution in [0.15, 0.2) is 11.6 Å². The van der Waals surface area contributed by atoms with Crippen molar-refractivity contribution >= 4 is 8.80 Å². The Morgan fingerprint density at radius 3 is 2.00 bits per heavy atom. The summed E-state index contributed by atoms with van der Waals surface area (Å²) in [6, 6.07) is 0.815. The van der Waals surface area contributed by atoms with E-state index in [1.807, 2.05) is 0 Å². The van der Waals surface area contributed by atoms with Gasteiger partial charge in [-0.1, -0.05) is 11.6 Å². The summed E-state index contributed by atoms with van der Waals surface area (Å²) >= 11 is 0. The molecule has 0 N–H and O–H groups in total. The van der Waals surface area contributed by atoms with E-state index in [0.717, 1.165) is 45.5 Å². The van der Waals surface area contributed by atoms with Crippen LogP contribution >= 0.6 is 0 Å². The van der Waals surface area contributed by atoms with Crippen LogP contribution in [0, 0.1) is 0 Å². The van der Waals surface area contributed by atoms with Gasteiger partial charge in [0.2, 0.25) is 0 Å². The highest BCUT2D eigenvalue weighted by molar-refractivity contribution is 6.61. The van der Waals surface area contributed by atoms with Crippen LogP contribution in [0.2, 0.25) is 6.04 Å². The fourth-order valence-electron chi connectivity index (χ4n) is 1.96. The fourth-order valence-corrected chi connectivity index (χ4v) is 4.43. The van der Waals surface area contributed by atoms with E-state index in [1.165, 1.54) is 5.57 Å². The predicted octanol–water partition coefficient (Wildman–Crippen LogP) is 1.27. The highest BCUT2D eigenvalue weighted by Crippen LogP contribution is 2.21. The second-order valence-corrected chi connectivity index (χ2v) is 7.20. The first-order valence-corrected chi connectivity index (χ1v) is 7.91. The predicted molar refractivity (Wildman–Crippen MR) is 64.3 cm³/mol. The van der Waals surface area contributed by atoms with E-state index in [1.54, 1.807) is 0 Å². The Kier molecular flexibility index (Phi) is 4.15. The van der Waals surface area contributed by atoms with Crippen LogP contribution in [0.3, 0.4) is 0 Å². The van der Waals surface area contributed by atoms with Crippen LogP contribution in [-0.4, -0.2) is 53.2 Å². The van der Waals surface area contributed by atoms with Gasteiger partial charge in [0, 0.05) is 25.7 Å². The molecule has 0 amide bonds. The van der Waals surface area contributed by atoms with Crippen molar-refractivity contribution in [2.24, 2.45) is 0 Å². The maximum Gasteiger partial charge on any atom is 0.505 e. The van der Waals surface area contributed by atoms with Gasteiger partial charge in [0.1, 0.15) is 0 Å². The van der Waals surface area contributed by atoms with E-state index in [9.17, 15) is 0 Å². The maximum atomic E-state index is 5.90. The molecule has 0 spiro atoms. The van der Waals surface area contributed by atoms with Crippen molar-refractivity contribution in [3.63, 3.8) is 0 Å². The van der Waals surface area contributed by atoms with Crippen molar-refractivity contribution in [2.45, 2.75) is 19.9 Å². The van der Waals surface area contributed by atoms with Crippen molar-refractivity contribution in [2.75, 3.05) is 39.5 Å². The number of hydrogen-bond donors (Lipinski definition) is 0. The first-order chi connectivity index (χ1) is 7.70. The van der Waals surface area contributed by atoms with Gasteiger partial charge < -0.3 is 13.3 Å². The summed E-state index contributed by atoms with van der Waals surface area (Å²) in [6.07, 6.45) is 2.17. The summed E-state index contributed by atoms with van der Waals surface area (Å²) < 4.78 is 17.7. The van der Waals surface area contributed by atoms with Crippen molar-refractivity contribution in [3.8, 4) is 0 Å². The van der Waals surface area contributed by atoms with Gasteiger partial charge in [-0.15, -0.1) is 0 Å². The highest BCUT2D eigenvalue weighted by Gasteiger charge is 2.42. The van der Waals surface area contributed by atoms with E-state index in [2.05, 4.69) is 24.8 Å². The minimum Gasteiger partial charge on any atom is -0.372 e. The second kappa shape index (κ2) is 5.42. The molecule has 0 aromatic heterocycles. The first kappa shape index (κ1) is 12.3. The molecule has 0 radical (unpaired) electrons. The minimum atomic E-state index is -2.39. The van der Waals surface area contributed by atoms with Crippen molar-refractivity contribution in [3.05, 3.63) is 11.6 Å². The average molecular weight is 243 g/mol. The zero-order valence-electron chi connectivity index (χ0n) is 10.2. The van der Waals surface area contributed by atoms with Crippen LogP contribution in [0.1, 0.15) is 13.8 Å². The minimum absolute atomic E-state index is 0.739. The molecular weight excluding hydrogens is 222 g/mol. The number of rotatable bonds is 2. The molecule has 0 atom stereocenters. The summed E-state index contributed by atoms with van der Waals surface area (Å²) in [6.45, 7) is 9.44. The van der Waals surface area contributed by atoms with Gasteiger partial charge in [-0.2, -0.15) is 0 Å². The third kappa shape index (κ3) is 3.15. The van der Waals surface area contributed by atoms with Crippen LogP contribution in [0.4, 0.5) is 0 Å². The molecular formula is C11H21NO3Si. The van der Waals surface area contributed by atoms with Crippen LogP contribution in [0.25, 0.3) is 0 Å². The number of allylic oxidation sites excluding steroid dienone is 2. The maximum absolute atomic E-state index is 5.90. The number of fused-ring (bicyclic) bond motifs is 6. The Bertz CT molecular complexity index is 239. The summed E-state index contributed by atoms with van der Waals surface area (Å²) in [5.74, 6) is 0. The SMILES string of the molecule is CC(C)=CC[Si]12OCCN(CCO1)CCO2. The quantitative estimate of drug-likeness (QED) is 0.540. The standard InChI is InChI=1S/C11H21NO3Si/c1-11(2)3-10-16-13-7-4-12(5-8-14-16)6-9-15-16/h3H,4-10H2,1-2H3. The fraction of sp³-hybridized carbons (Fsp3) is 0.818. The van der Waals surface area contributed by atoms with Crippen LogP contribution in [-0.2, 0) is 13.3 Å². The Morgan fingerprint density at radius 1 is 1.06 bits per heavy atom. The van der Waals surface area contributed by atoms with Gasteiger partial charge in [0.15, 0.2) is 0 Å². The Morgan fingerprint density at radius 2 is 1.56 bits per heavy atom. The molecule has 3 aliphatic rings. The van der Waals surface area contributed by atoms with E-state index in [0.29, 0.717) is 0 Å². The lowest BCUT2D eigenvalue weighted by Gasteiger charge is -2.37. The molecule has 5 heteroatoms. The molecule has 3 saturated heterocycles. The van der Waals surface area contributed by atoms with Crippen molar-refractivity contribution in [1.29, 1.82) is 0 Å². The molecule has 3 fully saturated rings. The highest BCUT2D eigenvalue weighted by atomic mass is 28.4. The molecule has 0 unspecified atom stereocenters. The van der Waals surface area contributed by atoms with Crippen molar-refractivity contribution < 1.29 is 13.3 Å². The molecule has 16 heavy (non-hydrogen) atoms. The van der Waals surface area contributed by atoms with Gasteiger partial charge in [0.05, 0.1) is 19.8 Å². The van der Waals surface area contributed by atoms with E-state index in [4.69, 9.17) is 13.3 Å². The topological polar surface area (TPSA) is 30.9 Å². The largest absolute Gasteiger partial charge is 0.505 e. The smallest absolute Gasteiger partial charge is 0.372 e. The summed E-state index contributed by atoms with van der Waals surface area (Å²) in [5, 5.41) is 0. The normalized spacial score (nSPS) is 35.0. The zero-order chi connectivity index (χ0) is 11.4.